The molecular weight excluding hydrogens is 270 g/mol. The van der Waals surface area contributed by atoms with Crippen LogP contribution in [0, 0.1) is 0 Å². The summed E-state index contributed by atoms with van der Waals surface area (Å²) in [6.45, 7) is 5.35. The van der Waals surface area contributed by atoms with E-state index in [9.17, 15) is 0 Å². The highest BCUT2D eigenvalue weighted by atomic mass is 35.5. The van der Waals surface area contributed by atoms with E-state index < -0.39 is 0 Å². The fourth-order valence-corrected chi connectivity index (χ4v) is 3.20. The van der Waals surface area contributed by atoms with Gasteiger partial charge < -0.3 is 10.2 Å². The minimum absolute atomic E-state index is 0.580. The van der Waals surface area contributed by atoms with Crippen LogP contribution in [0.25, 0.3) is 10.9 Å². The average molecular weight is 290 g/mol. The van der Waals surface area contributed by atoms with E-state index in [4.69, 9.17) is 11.6 Å². The molecule has 0 bridgehead atoms. The van der Waals surface area contributed by atoms with Crippen LogP contribution in [-0.4, -0.2) is 30.7 Å². The minimum Gasteiger partial charge on any atom is -0.367 e. The molecule has 2 heterocycles. The Kier molecular flexibility index (Phi) is 4.08. The molecule has 1 unspecified atom stereocenters. The van der Waals surface area contributed by atoms with Crippen LogP contribution < -0.4 is 10.2 Å². The first kappa shape index (κ1) is 13.7. The van der Waals surface area contributed by atoms with E-state index in [1.165, 1.54) is 23.9 Å². The molecular formula is C16H20ClN3. The van der Waals surface area contributed by atoms with Crippen LogP contribution >= 0.6 is 11.6 Å². The van der Waals surface area contributed by atoms with Gasteiger partial charge in [-0.05, 0) is 43.7 Å². The van der Waals surface area contributed by atoms with Crippen molar-refractivity contribution in [2.75, 3.05) is 24.5 Å². The summed E-state index contributed by atoms with van der Waals surface area (Å²) in [6, 6.07) is 8.68. The molecule has 20 heavy (non-hydrogen) atoms. The predicted molar refractivity (Wildman–Crippen MR) is 85.7 cm³/mol. The number of likely N-dealkylation sites (N-methyl/N-ethyl adjacent to an activating group) is 1. The molecule has 3 rings (SSSR count). The second-order valence-electron chi connectivity index (χ2n) is 5.29. The van der Waals surface area contributed by atoms with Crippen LogP contribution in [0.3, 0.4) is 0 Å². The number of halogens is 1. The number of anilines is 1. The number of hydrogen-bond donors (Lipinski definition) is 1. The standard InChI is InChI=1S/C16H20ClN3/c1-2-18-11-13-4-3-9-20(13)16-7-8-19-15-10-12(17)5-6-14(15)16/h5-8,10,13,18H,2-4,9,11H2,1H3. The van der Waals surface area contributed by atoms with Gasteiger partial charge in [0.2, 0.25) is 0 Å². The minimum atomic E-state index is 0.580. The van der Waals surface area contributed by atoms with E-state index in [0.29, 0.717) is 6.04 Å². The van der Waals surface area contributed by atoms with Crippen molar-refractivity contribution in [1.82, 2.24) is 10.3 Å². The molecule has 4 heteroatoms. The Morgan fingerprint density at radius 1 is 1.40 bits per heavy atom. The summed E-state index contributed by atoms with van der Waals surface area (Å²) in [7, 11) is 0. The van der Waals surface area contributed by atoms with Gasteiger partial charge in [-0.15, -0.1) is 0 Å². The van der Waals surface area contributed by atoms with Crippen LogP contribution in [0.15, 0.2) is 30.5 Å². The topological polar surface area (TPSA) is 28.2 Å². The molecule has 0 aliphatic carbocycles. The summed E-state index contributed by atoms with van der Waals surface area (Å²) in [5.74, 6) is 0. The van der Waals surface area contributed by atoms with Crippen LogP contribution in [-0.2, 0) is 0 Å². The SMILES string of the molecule is CCNCC1CCCN1c1ccnc2cc(Cl)ccc12. The summed E-state index contributed by atoms with van der Waals surface area (Å²) in [4.78, 5) is 6.95. The van der Waals surface area contributed by atoms with Crippen molar-refractivity contribution in [3.05, 3.63) is 35.5 Å². The van der Waals surface area contributed by atoms with Gasteiger partial charge in [-0.25, -0.2) is 0 Å². The number of rotatable bonds is 4. The first-order valence-corrected chi connectivity index (χ1v) is 7.69. The number of aromatic nitrogens is 1. The smallest absolute Gasteiger partial charge is 0.0737 e. The Balaban J connectivity index is 1.96. The molecule has 106 valence electrons. The van der Waals surface area contributed by atoms with Crippen LogP contribution in [0.5, 0.6) is 0 Å². The second-order valence-corrected chi connectivity index (χ2v) is 5.73. The summed E-state index contributed by atoms with van der Waals surface area (Å²) in [5, 5.41) is 5.41. The van der Waals surface area contributed by atoms with E-state index in [0.717, 1.165) is 30.2 Å². The van der Waals surface area contributed by atoms with Gasteiger partial charge in [0.05, 0.1) is 5.52 Å². The van der Waals surface area contributed by atoms with Gasteiger partial charge >= 0.3 is 0 Å². The third-order valence-corrected chi connectivity index (χ3v) is 4.23. The molecule has 1 aliphatic heterocycles. The molecule has 1 fully saturated rings. The van der Waals surface area contributed by atoms with E-state index >= 15 is 0 Å². The summed E-state index contributed by atoms with van der Waals surface area (Å²) >= 11 is 6.06. The predicted octanol–water partition coefficient (Wildman–Crippen LogP) is 3.47. The summed E-state index contributed by atoms with van der Waals surface area (Å²) in [6.07, 6.45) is 4.40. The lowest BCUT2D eigenvalue weighted by atomic mass is 10.1. The zero-order valence-electron chi connectivity index (χ0n) is 11.8. The molecule has 2 aromatic rings. The Labute approximate surface area is 124 Å². The third kappa shape index (κ3) is 2.60. The zero-order chi connectivity index (χ0) is 13.9. The van der Waals surface area contributed by atoms with Crippen molar-refractivity contribution in [2.24, 2.45) is 0 Å². The highest BCUT2D eigenvalue weighted by Crippen LogP contribution is 2.32. The molecule has 0 radical (unpaired) electrons. The van der Waals surface area contributed by atoms with Gasteiger partial charge in [-0.3, -0.25) is 4.98 Å². The number of pyridine rings is 1. The van der Waals surface area contributed by atoms with Crippen molar-refractivity contribution >= 4 is 28.2 Å². The highest BCUT2D eigenvalue weighted by molar-refractivity contribution is 6.31. The molecule has 0 spiro atoms. The number of fused-ring (bicyclic) bond motifs is 1. The molecule has 1 aromatic heterocycles. The van der Waals surface area contributed by atoms with Crippen LogP contribution in [0.1, 0.15) is 19.8 Å². The van der Waals surface area contributed by atoms with Gasteiger partial charge in [-0.1, -0.05) is 18.5 Å². The monoisotopic (exact) mass is 289 g/mol. The number of hydrogen-bond acceptors (Lipinski definition) is 3. The third-order valence-electron chi connectivity index (χ3n) is 4.00. The molecule has 1 saturated heterocycles. The van der Waals surface area contributed by atoms with E-state index in [-0.39, 0.29) is 0 Å². The van der Waals surface area contributed by atoms with Gasteiger partial charge in [0, 0.05) is 41.4 Å². The Morgan fingerprint density at radius 2 is 2.30 bits per heavy atom. The number of nitrogens with one attached hydrogen (secondary N) is 1. The van der Waals surface area contributed by atoms with Crippen LogP contribution in [0.4, 0.5) is 5.69 Å². The average Bonchev–Trinajstić information content (AvgIpc) is 2.92. The second kappa shape index (κ2) is 5.98. The van der Waals surface area contributed by atoms with Crippen LogP contribution in [0.2, 0.25) is 5.02 Å². The molecule has 1 atom stereocenters. The van der Waals surface area contributed by atoms with Crippen molar-refractivity contribution in [3.63, 3.8) is 0 Å². The largest absolute Gasteiger partial charge is 0.367 e. The van der Waals surface area contributed by atoms with Crippen molar-refractivity contribution < 1.29 is 0 Å². The van der Waals surface area contributed by atoms with Gasteiger partial charge in [0.1, 0.15) is 0 Å². The lowest BCUT2D eigenvalue weighted by Gasteiger charge is -2.28. The number of benzene rings is 1. The first-order valence-electron chi connectivity index (χ1n) is 7.31. The number of nitrogens with zero attached hydrogens (tertiary/aromatic N) is 2. The molecule has 1 aliphatic rings. The maximum absolute atomic E-state index is 6.06. The lowest BCUT2D eigenvalue weighted by molar-refractivity contribution is 0.588. The maximum Gasteiger partial charge on any atom is 0.0737 e. The van der Waals surface area contributed by atoms with Gasteiger partial charge in [0.25, 0.3) is 0 Å². The van der Waals surface area contributed by atoms with Gasteiger partial charge in [0.15, 0.2) is 0 Å². The first-order chi connectivity index (χ1) is 9.79. The summed E-state index contributed by atoms with van der Waals surface area (Å²) < 4.78 is 0. The van der Waals surface area contributed by atoms with E-state index in [2.05, 4.69) is 34.3 Å². The Hall–Kier alpha value is -1.32. The molecule has 1 aromatic carbocycles. The fraction of sp³-hybridized carbons (Fsp3) is 0.438. The van der Waals surface area contributed by atoms with Crippen molar-refractivity contribution in [1.29, 1.82) is 0 Å². The normalized spacial score (nSPS) is 18.9. The van der Waals surface area contributed by atoms with Crippen molar-refractivity contribution in [2.45, 2.75) is 25.8 Å². The lowest BCUT2D eigenvalue weighted by Crippen LogP contribution is -2.38. The Morgan fingerprint density at radius 3 is 3.15 bits per heavy atom. The van der Waals surface area contributed by atoms with E-state index in [1.807, 2.05) is 18.3 Å². The highest BCUT2D eigenvalue weighted by Gasteiger charge is 2.25. The Bertz CT molecular complexity index is 599. The zero-order valence-corrected chi connectivity index (χ0v) is 12.5. The van der Waals surface area contributed by atoms with E-state index in [1.54, 1.807) is 0 Å². The maximum atomic E-state index is 6.06. The van der Waals surface area contributed by atoms with Crippen molar-refractivity contribution in [3.8, 4) is 0 Å². The molecule has 0 amide bonds. The quantitative estimate of drug-likeness (QED) is 0.934. The molecule has 1 N–H and O–H groups in total. The fourth-order valence-electron chi connectivity index (χ4n) is 3.03. The molecule has 0 saturated carbocycles. The molecule has 3 nitrogen and oxygen atoms in total. The van der Waals surface area contributed by atoms with Gasteiger partial charge in [-0.2, -0.15) is 0 Å². The summed E-state index contributed by atoms with van der Waals surface area (Å²) in [5.41, 5.74) is 2.26.